The normalized spacial score (nSPS) is 22.6. The van der Waals surface area contributed by atoms with Crippen molar-refractivity contribution in [2.45, 2.75) is 19.0 Å². The first-order valence-corrected chi connectivity index (χ1v) is 6.98. The Morgan fingerprint density at radius 2 is 2.19 bits per heavy atom. The van der Waals surface area contributed by atoms with Crippen LogP contribution < -0.4 is 10.6 Å². The summed E-state index contributed by atoms with van der Waals surface area (Å²) in [5, 5.41) is 15.0. The molecule has 1 heterocycles. The number of aliphatic carboxylic acids is 1. The van der Waals surface area contributed by atoms with Crippen LogP contribution in [0.2, 0.25) is 5.02 Å². The van der Waals surface area contributed by atoms with Crippen LogP contribution in [0, 0.1) is 5.92 Å². The van der Waals surface area contributed by atoms with Crippen molar-refractivity contribution in [2.24, 2.45) is 5.92 Å². The fraction of sp³-hybridized carbons (Fsp3) is 0.429. The van der Waals surface area contributed by atoms with Crippen molar-refractivity contribution in [3.05, 3.63) is 34.9 Å². The number of carboxylic acids is 1. The first kappa shape index (κ1) is 15.6. The van der Waals surface area contributed by atoms with Crippen LogP contribution in [0.1, 0.15) is 18.5 Å². The van der Waals surface area contributed by atoms with E-state index in [0.717, 1.165) is 5.56 Å². The molecule has 0 bridgehead atoms. The van der Waals surface area contributed by atoms with Gasteiger partial charge < -0.3 is 20.5 Å². The number of benzene rings is 1. The molecule has 0 radical (unpaired) electrons. The Balaban J connectivity index is 1.91. The lowest BCUT2D eigenvalue weighted by Gasteiger charge is -2.19. The van der Waals surface area contributed by atoms with Crippen LogP contribution in [-0.2, 0) is 9.53 Å². The molecule has 3 atom stereocenters. The first-order valence-electron chi connectivity index (χ1n) is 6.60. The number of carbonyl (C=O) groups excluding carboxylic acids is 1. The summed E-state index contributed by atoms with van der Waals surface area (Å²) in [5.74, 6) is -1.68. The maximum atomic E-state index is 11.9. The van der Waals surface area contributed by atoms with E-state index in [1.165, 1.54) is 0 Å². The van der Waals surface area contributed by atoms with Crippen LogP contribution in [-0.4, -0.2) is 36.4 Å². The van der Waals surface area contributed by atoms with Crippen molar-refractivity contribution < 1.29 is 19.4 Å². The van der Waals surface area contributed by atoms with Crippen LogP contribution in [0.25, 0.3) is 0 Å². The van der Waals surface area contributed by atoms with Crippen LogP contribution in [0.5, 0.6) is 0 Å². The van der Waals surface area contributed by atoms with Crippen LogP contribution >= 0.6 is 11.6 Å². The van der Waals surface area contributed by atoms with Crippen molar-refractivity contribution in [1.29, 1.82) is 0 Å². The number of carboxylic acid groups (broad SMARTS) is 1. The molecule has 1 aromatic rings. The molecule has 2 amide bonds. The van der Waals surface area contributed by atoms with E-state index in [-0.39, 0.29) is 19.3 Å². The average Bonchev–Trinajstić information content (AvgIpc) is 2.86. The summed E-state index contributed by atoms with van der Waals surface area (Å²) in [6.45, 7) is 2.14. The van der Waals surface area contributed by atoms with Gasteiger partial charge in [-0.3, -0.25) is 4.79 Å². The predicted molar refractivity (Wildman–Crippen MR) is 77.3 cm³/mol. The number of nitrogens with one attached hydrogen (secondary N) is 2. The molecule has 21 heavy (non-hydrogen) atoms. The maximum Gasteiger partial charge on any atom is 0.315 e. The Hall–Kier alpha value is -1.79. The maximum absolute atomic E-state index is 11.9. The van der Waals surface area contributed by atoms with Gasteiger partial charge in [-0.2, -0.15) is 0 Å². The van der Waals surface area contributed by atoms with E-state index in [1.54, 1.807) is 18.2 Å². The quantitative estimate of drug-likeness (QED) is 0.791. The van der Waals surface area contributed by atoms with Crippen molar-refractivity contribution >= 4 is 23.6 Å². The molecule has 0 aliphatic carbocycles. The van der Waals surface area contributed by atoms with Gasteiger partial charge in [0.05, 0.1) is 25.3 Å². The number of urea groups is 1. The molecule has 7 heteroatoms. The molecule has 114 valence electrons. The smallest absolute Gasteiger partial charge is 0.315 e. The minimum absolute atomic E-state index is 0.115. The van der Waals surface area contributed by atoms with Gasteiger partial charge in [-0.05, 0) is 24.6 Å². The van der Waals surface area contributed by atoms with Gasteiger partial charge in [-0.1, -0.05) is 23.7 Å². The highest BCUT2D eigenvalue weighted by atomic mass is 35.5. The van der Waals surface area contributed by atoms with Crippen molar-refractivity contribution in [3.8, 4) is 0 Å². The van der Waals surface area contributed by atoms with Gasteiger partial charge >= 0.3 is 12.0 Å². The molecule has 1 aliphatic rings. The molecule has 2 rings (SSSR count). The average molecular weight is 313 g/mol. The number of hydrogen-bond acceptors (Lipinski definition) is 3. The van der Waals surface area contributed by atoms with Crippen molar-refractivity contribution in [1.82, 2.24) is 10.6 Å². The van der Waals surface area contributed by atoms with Gasteiger partial charge in [0.1, 0.15) is 5.92 Å². The first-order chi connectivity index (χ1) is 9.97. The van der Waals surface area contributed by atoms with E-state index in [1.807, 2.05) is 13.0 Å². The summed E-state index contributed by atoms with van der Waals surface area (Å²) in [4.78, 5) is 22.9. The van der Waals surface area contributed by atoms with Gasteiger partial charge in [0.2, 0.25) is 0 Å². The Morgan fingerprint density at radius 3 is 2.86 bits per heavy atom. The summed E-state index contributed by atoms with van der Waals surface area (Å²) in [5.41, 5.74) is 0.870. The van der Waals surface area contributed by atoms with Crippen LogP contribution in [0.3, 0.4) is 0 Å². The second kappa shape index (κ2) is 6.78. The summed E-state index contributed by atoms with van der Waals surface area (Å²) in [7, 11) is 0. The van der Waals surface area contributed by atoms with E-state index < -0.39 is 24.0 Å². The van der Waals surface area contributed by atoms with Gasteiger partial charge in [-0.15, -0.1) is 0 Å². The zero-order chi connectivity index (χ0) is 15.4. The molecule has 1 aliphatic heterocycles. The molecule has 3 N–H and O–H groups in total. The van der Waals surface area contributed by atoms with Gasteiger partial charge in [0, 0.05) is 5.02 Å². The minimum atomic E-state index is -0.972. The molecule has 6 nitrogen and oxygen atoms in total. The van der Waals surface area contributed by atoms with Gasteiger partial charge in [0.25, 0.3) is 0 Å². The fourth-order valence-corrected chi connectivity index (χ4v) is 2.40. The lowest BCUT2D eigenvalue weighted by atomic mass is 10.0. The highest BCUT2D eigenvalue weighted by molar-refractivity contribution is 6.30. The Labute approximate surface area is 127 Å². The zero-order valence-corrected chi connectivity index (χ0v) is 12.3. The van der Waals surface area contributed by atoms with Crippen LogP contribution in [0.15, 0.2) is 24.3 Å². The Bertz CT molecular complexity index is 537. The summed E-state index contributed by atoms with van der Waals surface area (Å²) >= 11 is 5.91. The van der Waals surface area contributed by atoms with Gasteiger partial charge in [-0.25, -0.2) is 4.79 Å². The fourth-order valence-electron chi connectivity index (χ4n) is 2.21. The minimum Gasteiger partial charge on any atom is -0.481 e. The number of amides is 2. The number of carbonyl (C=O) groups is 2. The van der Waals surface area contributed by atoms with E-state index in [4.69, 9.17) is 21.4 Å². The lowest BCUT2D eigenvalue weighted by Crippen LogP contribution is -2.47. The monoisotopic (exact) mass is 312 g/mol. The molecule has 1 saturated heterocycles. The molecule has 1 fully saturated rings. The molecule has 0 aromatic heterocycles. The highest BCUT2D eigenvalue weighted by Gasteiger charge is 2.35. The second-order valence-electron chi connectivity index (χ2n) is 4.98. The SMILES string of the molecule is CC(NC(=O)NC1COCC1C(=O)O)c1cccc(Cl)c1. The Kier molecular flexibility index (Phi) is 5.03. The van der Waals surface area contributed by atoms with Crippen molar-refractivity contribution in [3.63, 3.8) is 0 Å². The van der Waals surface area contributed by atoms with E-state index in [9.17, 15) is 9.59 Å². The third-order valence-corrected chi connectivity index (χ3v) is 3.65. The second-order valence-corrected chi connectivity index (χ2v) is 5.42. The number of ether oxygens (including phenoxy) is 1. The lowest BCUT2D eigenvalue weighted by molar-refractivity contribution is -0.142. The number of hydrogen-bond donors (Lipinski definition) is 3. The molecule has 3 unspecified atom stereocenters. The number of rotatable bonds is 4. The predicted octanol–water partition coefficient (Wildman–Crippen LogP) is 1.80. The molecular formula is C14H17ClN2O4. The standard InChI is InChI=1S/C14H17ClN2O4/c1-8(9-3-2-4-10(15)5-9)16-14(20)17-12-7-21-6-11(12)13(18)19/h2-5,8,11-12H,6-7H2,1H3,(H,18,19)(H2,16,17,20). The molecule has 1 aromatic carbocycles. The largest absolute Gasteiger partial charge is 0.481 e. The van der Waals surface area contributed by atoms with E-state index in [2.05, 4.69) is 10.6 Å². The Morgan fingerprint density at radius 1 is 1.43 bits per heavy atom. The van der Waals surface area contributed by atoms with E-state index in [0.29, 0.717) is 5.02 Å². The molecular weight excluding hydrogens is 296 g/mol. The third kappa shape index (κ3) is 4.09. The summed E-state index contributed by atoms with van der Waals surface area (Å²) < 4.78 is 5.10. The van der Waals surface area contributed by atoms with Crippen molar-refractivity contribution in [2.75, 3.05) is 13.2 Å². The topological polar surface area (TPSA) is 87.7 Å². The third-order valence-electron chi connectivity index (χ3n) is 3.41. The summed E-state index contributed by atoms with van der Waals surface area (Å²) in [6.07, 6.45) is 0. The van der Waals surface area contributed by atoms with Gasteiger partial charge in [0.15, 0.2) is 0 Å². The molecule has 0 spiro atoms. The highest BCUT2D eigenvalue weighted by Crippen LogP contribution is 2.18. The summed E-state index contributed by atoms with van der Waals surface area (Å²) in [6, 6.07) is 6.00. The van der Waals surface area contributed by atoms with E-state index >= 15 is 0 Å². The molecule has 0 saturated carbocycles. The van der Waals surface area contributed by atoms with Crippen LogP contribution in [0.4, 0.5) is 4.79 Å². The zero-order valence-electron chi connectivity index (χ0n) is 11.5. The number of halogens is 1.